The summed E-state index contributed by atoms with van der Waals surface area (Å²) < 4.78 is 5.35. The third-order valence-corrected chi connectivity index (χ3v) is 3.00. The highest BCUT2D eigenvalue weighted by atomic mass is 16.5. The molecule has 1 rings (SSSR count). The number of carboxylic acids is 1. The summed E-state index contributed by atoms with van der Waals surface area (Å²) >= 11 is 0. The van der Waals surface area contributed by atoms with Gasteiger partial charge in [0.15, 0.2) is 0 Å². The van der Waals surface area contributed by atoms with E-state index in [1.807, 2.05) is 13.0 Å². The molecule has 0 bridgehead atoms. The largest absolute Gasteiger partial charge is 0.496 e. The third kappa shape index (κ3) is 2.82. The predicted molar refractivity (Wildman–Crippen MR) is 71.0 cm³/mol. The van der Waals surface area contributed by atoms with Crippen LogP contribution in [0.1, 0.15) is 43.5 Å². The van der Waals surface area contributed by atoms with Gasteiger partial charge < -0.3 is 15.6 Å². The molecule has 4 nitrogen and oxygen atoms in total. The Bertz CT molecular complexity index is 461. The van der Waals surface area contributed by atoms with Crippen molar-refractivity contribution in [2.45, 2.75) is 39.2 Å². The van der Waals surface area contributed by atoms with Gasteiger partial charge in [-0.1, -0.05) is 26.8 Å². The van der Waals surface area contributed by atoms with Gasteiger partial charge >= 0.3 is 5.97 Å². The molecule has 0 aliphatic rings. The van der Waals surface area contributed by atoms with Gasteiger partial charge in [-0.05, 0) is 35.1 Å². The number of aliphatic carboxylic acids is 1. The van der Waals surface area contributed by atoms with E-state index in [4.69, 9.17) is 15.6 Å². The second kappa shape index (κ2) is 4.98. The van der Waals surface area contributed by atoms with E-state index in [1.165, 1.54) is 0 Å². The van der Waals surface area contributed by atoms with Crippen LogP contribution in [-0.4, -0.2) is 18.2 Å². The van der Waals surface area contributed by atoms with Crippen LogP contribution in [0.15, 0.2) is 12.1 Å². The van der Waals surface area contributed by atoms with Crippen LogP contribution >= 0.6 is 0 Å². The standard InChI is InChI=1S/C14H21NO3/c1-8-6-10(14(2,3)4)11(18-5)7-9(8)12(15)13(16)17/h6-7,12H,15H2,1-5H3,(H,16,17). The molecule has 0 amide bonds. The molecule has 0 radical (unpaired) electrons. The van der Waals surface area contributed by atoms with E-state index in [2.05, 4.69) is 20.8 Å². The Hall–Kier alpha value is -1.55. The molecule has 0 spiro atoms. The number of carboxylic acid groups (broad SMARTS) is 1. The quantitative estimate of drug-likeness (QED) is 0.865. The maximum absolute atomic E-state index is 11.0. The van der Waals surface area contributed by atoms with Gasteiger partial charge in [-0.2, -0.15) is 0 Å². The molecule has 100 valence electrons. The molecule has 0 aliphatic heterocycles. The second-order valence-corrected chi connectivity index (χ2v) is 5.47. The van der Waals surface area contributed by atoms with Gasteiger partial charge in [-0.15, -0.1) is 0 Å². The summed E-state index contributed by atoms with van der Waals surface area (Å²) in [5, 5.41) is 8.99. The van der Waals surface area contributed by atoms with E-state index in [0.29, 0.717) is 11.3 Å². The SMILES string of the molecule is COc1cc(C(N)C(=O)O)c(C)cc1C(C)(C)C. The molecule has 3 N–H and O–H groups in total. The van der Waals surface area contributed by atoms with Crippen molar-refractivity contribution in [1.29, 1.82) is 0 Å². The normalized spacial score (nSPS) is 13.2. The lowest BCUT2D eigenvalue weighted by atomic mass is 9.83. The first-order valence-corrected chi connectivity index (χ1v) is 5.86. The van der Waals surface area contributed by atoms with E-state index in [1.54, 1.807) is 13.2 Å². The number of benzene rings is 1. The topological polar surface area (TPSA) is 72.5 Å². The summed E-state index contributed by atoms with van der Waals surface area (Å²) in [5.41, 5.74) is 8.11. The van der Waals surface area contributed by atoms with Crippen molar-refractivity contribution in [2.75, 3.05) is 7.11 Å². The van der Waals surface area contributed by atoms with E-state index in [9.17, 15) is 4.79 Å². The van der Waals surface area contributed by atoms with Gasteiger partial charge in [-0.3, -0.25) is 4.79 Å². The minimum Gasteiger partial charge on any atom is -0.496 e. The molecule has 0 fully saturated rings. The van der Waals surface area contributed by atoms with Gasteiger partial charge in [-0.25, -0.2) is 0 Å². The van der Waals surface area contributed by atoms with Gasteiger partial charge in [0, 0.05) is 0 Å². The fraction of sp³-hybridized carbons (Fsp3) is 0.500. The maximum atomic E-state index is 11.0. The van der Waals surface area contributed by atoms with E-state index in [-0.39, 0.29) is 5.41 Å². The molecule has 1 atom stereocenters. The van der Waals surface area contributed by atoms with Crippen LogP contribution in [0.4, 0.5) is 0 Å². The van der Waals surface area contributed by atoms with Crippen molar-refractivity contribution in [3.05, 3.63) is 28.8 Å². The molecule has 0 aliphatic carbocycles. The lowest BCUT2D eigenvalue weighted by Crippen LogP contribution is -2.22. The Balaban J connectivity index is 3.40. The molecule has 0 heterocycles. The van der Waals surface area contributed by atoms with Crippen LogP contribution < -0.4 is 10.5 Å². The van der Waals surface area contributed by atoms with Crippen LogP contribution in [0, 0.1) is 6.92 Å². The van der Waals surface area contributed by atoms with Gasteiger partial charge in [0.2, 0.25) is 0 Å². The van der Waals surface area contributed by atoms with E-state index in [0.717, 1.165) is 11.1 Å². The van der Waals surface area contributed by atoms with Crippen LogP contribution in [0.3, 0.4) is 0 Å². The molecular weight excluding hydrogens is 230 g/mol. The summed E-state index contributed by atoms with van der Waals surface area (Å²) in [6.07, 6.45) is 0. The molecule has 0 saturated carbocycles. The molecule has 1 unspecified atom stereocenters. The van der Waals surface area contributed by atoms with Crippen LogP contribution in [0.2, 0.25) is 0 Å². The molecule has 0 saturated heterocycles. The zero-order chi connectivity index (χ0) is 14.1. The zero-order valence-electron chi connectivity index (χ0n) is 11.6. The highest BCUT2D eigenvalue weighted by Gasteiger charge is 2.23. The number of aryl methyl sites for hydroxylation is 1. The summed E-state index contributed by atoms with van der Waals surface area (Å²) in [7, 11) is 1.58. The third-order valence-electron chi connectivity index (χ3n) is 3.00. The lowest BCUT2D eigenvalue weighted by Gasteiger charge is -2.24. The number of hydrogen-bond acceptors (Lipinski definition) is 3. The minimum absolute atomic E-state index is 0.0675. The highest BCUT2D eigenvalue weighted by molar-refractivity contribution is 5.76. The van der Waals surface area contributed by atoms with E-state index < -0.39 is 12.0 Å². The number of ether oxygens (including phenoxy) is 1. The molecule has 1 aromatic carbocycles. The average Bonchev–Trinajstić information content (AvgIpc) is 2.26. The Morgan fingerprint density at radius 2 is 1.94 bits per heavy atom. The smallest absolute Gasteiger partial charge is 0.325 e. The van der Waals surface area contributed by atoms with Crippen molar-refractivity contribution in [3.63, 3.8) is 0 Å². The maximum Gasteiger partial charge on any atom is 0.325 e. The Morgan fingerprint density at radius 1 is 1.39 bits per heavy atom. The lowest BCUT2D eigenvalue weighted by molar-refractivity contribution is -0.138. The zero-order valence-corrected chi connectivity index (χ0v) is 11.6. The molecule has 1 aromatic rings. The summed E-state index contributed by atoms with van der Waals surface area (Å²) in [5.74, 6) is -0.358. The van der Waals surface area contributed by atoms with Crippen molar-refractivity contribution in [2.24, 2.45) is 5.73 Å². The Labute approximate surface area is 108 Å². The second-order valence-electron chi connectivity index (χ2n) is 5.47. The van der Waals surface area contributed by atoms with Crippen LogP contribution in [0.25, 0.3) is 0 Å². The fourth-order valence-corrected chi connectivity index (χ4v) is 1.93. The van der Waals surface area contributed by atoms with Crippen molar-refractivity contribution in [1.82, 2.24) is 0 Å². The van der Waals surface area contributed by atoms with Gasteiger partial charge in [0.1, 0.15) is 11.8 Å². The summed E-state index contributed by atoms with van der Waals surface area (Å²) in [6.45, 7) is 8.12. The van der Waals surface area contributed by atoms with Crippen molar-refractivity contribution >= 4 is 5.97 Å². The van der Waals surface area contributed by atoms with Crippen molar-refractivity contribution in [3.8, 4) is 5.75 Å². The Morgan fingerprint density at radius 3 is 2.33 bits per heavy atom. The first kappa shape index (κ1) is 14.5. The van der Waals surface area contributed by atoms with E-state index >= 15 is 0 Å². The number of carbonyl (C=O) groups is 1. The highest BCUT2D eigenvalue weighted by Crippen LogP contribution is 2.34. The van der Waals surface area contributed by atoms with Gasteiger partial charge in [0.05, 0.1) is 7.11 Å². The minimum atomic E-state index is -1.04. The van der Waals surface area contributed by atoms with Crippen LogP contribution in [-0.2, 0) is 10.2 Å². The first-order valence-electron chi connectivity index (χ1n) is 5.86. The first-order chi connectivity index (χ1) is 8.18. The molecular formula is C14H21NO3. The molecule has 4 heteroatoms. The summed E-state index contributed by atoms with van der Waals surface area (Å²) in [6, 6.07) is 2.67. The van der Waals surface area contributed by atoms with Gasteiger partial charge in [0.25, 0.3) is 0 Å². The predicted octanol–water partition coefficient (Wildman–Crippen LogP) is 2.39. The van der Waals surface area contributed by atoms with Crippen molar-refractivity contribution < 1.29 is 14.6 Å². The summed E-state index contributed by atoms with van der Waals surface area (Å²) in [4.78, 5) is 11.0. The fourth-order valence-electron chi connectivity index (χ4n) is 1.93. The Kier molecular flexibility index (Phi) is 4.02. The molecule has 0 aromatic heterocycles. The monoisotopic (exact) mass is 251 g/mol. The number of nitrogens with two attached hydrogens (primary N) is 1. The number of methoxy groups -OCH3 is 1. The average molecular weight is 251 g/mol. The molecule has 18 heavy (non-hydrogen) atoms. The number of hydrogen-bond donors (Lipinski definition) is 2. The number of rotatable bonds is 3. The van der Waals surface area contributed by atoms with Crippen LogP contribution in [0.5, 0.6) is 5.75 Å².